The van der Waals surface area contributed by atoms with Crippen LogP contribution < -0.4 is 0 Å². The van der Waals surface area contributed by atoms with Gasteiger partial charge in [0.2, 0.25) is 0 Å². The van der Waals surface area contributed by atoms with Gasteiger partial charge in [0, 0.05) is 12.4 Å². The van der Waals surface area contributed by atoms with Crippen molar-refractivity contribution in [2.45, 2.75) is 10.6 Å². The highest BCUT2D eigenvalue weighted by atomic mass is 32.2. The summed E-state index contributed by atoms with van der Waals surface area (Å²) in [6.07, 6.45) is 2.18. The molecule has 2 aromatic rings. The van der Waals surface area contributed by atoms with Crippen LogP contribution in [0.25, 0.3) is 0 Å². The van der Waals surface area contributed by atoms with E-state index < -0.39 is 15.8 Å². The molecule has 0 aliphatic heterocycles. The maximum Gasteiger partial charge on any atom is 0.338 e. The van der Waals surface area contributed by atoms with E-state index in [9.17, 15) is 13.2 Å². The summed E-state index contributed by atoms with van der Waals surface area (Å²) in [4.78, 5) is 18.3. The monoisotopic (exact) mass is 278 g/mol. The van der Waals surface area contributed by atoms with Crippen molar-refractivity contribution in [3.63, 3.8) is 0 Å². The minimum Gasteiger partial charge on any atom is -0.478 e. The van der Waals surface area contributed by atoms with E-state index >= 15 is 0 Å². The van der Waals surface area contributed by atoms with Crippen molar-refractivity contribution in [1.82, 2.24) is 9.97 Å². The van der Waals surface area contributed by atoms with Gasteiger partial charge in [0.05, 0.1) is 10.5 Å². The van der Waals surface area contributed by atoms with Gasteiger partial charge in [0.25, 0.3) is 0 Å². The molecule has 0 atom stereocenters. The molecule has 0 radical (unpaired) electrons. The summed E-state index contributed by atoms with van der Waals surface area (Å²) in [5.41, 5.74) is -0.0825. The van der Waals surface area contributed by atoms with Gasteiger partial charge in [-0.1, -0.05) is 18.2 Å². The first kappa shape index (κ1) is 13.2. The lowest BCUT2D eigenvalue weighted by atomic mass is 10.3. The highest BCUT2D eigenvalue weighted by Gasteiger charge is 2.17. The number of carboxylic acid groups (broad SMARTS) is 1. The molecule has 1 aromatic heterocycles. The average Bonchev–Trinajstić information content (AvgIpc) is 2.40. The molecule has 2 rings (SSSR count). The molecule has 1 N–H and O–H groups in total. The maximum atomic E-state index is 12.0. The average molecular weight is 278 g/mol. The molecule has 98 valence electrons. The highest BCUT2D eigenvalue weighted by molar-refractivity contribution is 7.90. The summed E-state index contributed by atoms with van der Waals surface area (Å²) >= 11 is 0. The van der Waals surface area contributed by atoms with Crippen molar-refractivity contribution in [1.29, 1.82) is 0 Å². The Morgan fingerprint density at radius 3 is 2.21 bits per heavy atom. The number of aromatic nitrogens is 2. The molecule has 1 aromatic carbocycles. The third kappa shape index (κ3) is 3.14. The van der Waals surface area contributed by atoms with Gasteiger partial charge in [0.1, 0.15) is 11.6 Å². The Balaban J connectivity index is 2.24. The molecule has 0 aliphatic carbocycles. The van der Waals surface area contributed by atoms with Crippen LogP contribution in [0.2, 0.25) is 0 Å². The van der Waals surface area contributed by atoms with Crippen molar-refractivity contribution in [3.05, 3.63) is 54.1 Å². The smallest absolute Gasteiger partial charge is 0.338 e. The lowest BCUT2D eigenvalue weighted by Gasteiger charge is -2.03. The van der Waals surface area contributed by atoms with Crippen LogP contribution in [-0.4, -0.2) is 29.5 Å². The highest BCUT2D eigenvalue weighted by Crippen LogP contribution is 2.13. The molecule has 0 amide bonds. The molecule has 0 bridgehead atoms. The molecule has 0 aliphatic rings. The molecule has 7 heteroatoms. The number of carboxylic acids is 1. The molecule has 1 heterocycles. The normalized spacial score (nSPS) is 11.2. The third-order valence-electron chi connectivity index (χ3n) is 2.37. The third-order valence-corrected chi connectivity index (χ3v) is 4.00. The molecule has 6 nitrogen and oxygen atoms in total. The van der Waals surface area contributed by atoms with Gasteiger partial charge in [0.15, 0.2) is 9.84 Å². The number of hydrogen-bond acceptors (Lipinski definition) is 5. The largest absolute Gasteiger partial charge is 0.478 e. The Bertz CT molecular complexity index is 681. The zero-order valence-corrected chi connectivity index (χ0v) is 10.5. The minimum atomic E-state index is -3.52. The van der Waals surface area contributed by atoms with E-state index in [1.807, 2.05) is 0 Å². The fraction of sp³-hybridized carbons (Fsp3) is 0.0833. The van der Waals surface area contributed by atoms with Gasteiger partial charge in [-0.3, -0.25) is 0 Å². The first-order valence-corrected chi connectivity index (χ1v) is 6.96. The second-order valence-electron chi connectivity index (χ2n) is 3.77. The van der Waals surface area contributed by atoms with Crippen LogP contribution in [-0.2, 0) is 15.6 Å². The van der Waals surface area contributed by atoms with Crippen molar-refractivity contribution in [3.8, 4) is 0 Å². The summed E-state index contributed by atoms with van der Waals surface area (Å²) in [5, 5.41) is 8.69. The van der Waals surface area contributed by atoms with Gasteiger partial charge in [-0.05, 0) is 12.1 Å². The van der Waals surface area contributed by atoms with E-state index in [0.717, 1.165) is 12.4 Å². The van der Waals surface area contributed by atoms with E-state index in [4.69, 9.17) is 5.11 Å². The number of sulfone groups is 1. The van der Waals surface area contributed by atoms with Gasteiger partial charge in [-0.2, -0.15) is 0 Å². The lowest BCUT2D eigenvalue weighted by Crippen LogP contribution is -2.09. The van der Waals surface area contributed by atoms with Gasteiger partial charge in [-0.25, -0.2) is 23.2 Å². The molecule has 0 saturated carbocycles. The Labute approximate surface area is 109 Å². The fourth-order valence-corrected chi connectivity index (χ4v) is 2.65. The number of hydrogen-bond donors (Lipinski definition) is 1. The van der Waals surface area contributed by atoms with Crippen LogP contribution in [0.1, 0.15) is 16.2 Å². The van der Waals surface area contributed by atoms with E-state index in [1.165, 1.54) is 12.1 Å². The van der Waals surface area contributed by atoms with E-state index in [-0.39, 0.29) is 22.0 Å². The van der Waals surface area contributed by atoms with E-state index in [1.54, 1.807) is 18.2 Å². The Hall–Kier alpha value is -2.28. The van der Waals surface area contributed by atoms with Crippen molar-refractivity contribution >= 4 is 15.8 Å². The second-order valence-corrected chi connectivity index (χ2v) is 5.75. The first-order chi connectivity index (χ1) is 8.99. The van der Waals surface area contributed by atoms with Crippen LogP contribution >= 0.6 is 0 Å². The lowest BCUT2D eigenvalue weighted by molar-refractivity contribution is 0.0696. The summed E-state index contributed by atoms with van der Waals surface area (Å²) < 4.78 is 24.0. The molecule has 0 saturated heterocycles. The quantitative estimate of drug-likeness (QED) is 0.901. The van der Waals surface area contributed by atoms with Crippen LogP contribution in [0, 0.1) is 0 Å². The van der Waals surface area contributed by atoms with Crippen molar-refractivity contribution in [2.24, 2.45) is 0 Å². The van der Waals surface area contributed by atoms with Crippen molar-refractivity contribution in [2.75, 3.05) is 0 Å². The van der Waals surface area contributed by atoms with Crippen LogP contribution in [0.15, 0.2) is 47.6 Å². The van der Waals surface area contributed by atoms with Crippen LogP contribution in [0.5, 0.6) is 0 Å². The Kier molecular flexibility index (Phi) is 3.57. The predicted octanol–water partition coefficient (Wildman–Crippen LogP) is 1.15. The van der Waals surface area contributed by atoms with Gasteiger partial charge in [-0.15, -0.1) is 0 Å². The zero-order valence-electron chi connectivity index (χ0n) is 9.72. The number of carbonyl (C=O) groups is 1. The number of nitrogens with zero attached hydrogens (tertiary/aromatic N) is 2. The van der Waals surface area contributed by atoms with Gasteiger partial charge < -0.3 is 5.11 Å². The standard InChI is InChI=1S/C12H10N2O4S/c15-12(16)9-6-13-11(14-7-9)8-19(17,18)10-4-2-1-3-5-10/h1-7H,8H2,(H,15,16). The summed E-state index contributed by atoms with van der Waals surface area (Å²) in [6, 6.07) is 7.95. The Morgan fingerprint density at radius 1 is 1.11 bits per heavy atom. The maximum absolute atomic E-state index is 12.0. The van der Waals surface area contributed by atoms with Crippen LogP contribution in [0.3, 0.4) is 0 Å². The fourth-order valence-electron chi connectivity index (χ4n) is 1.42. The number of rotatable bonds is 4. The minimum absolute atomic E-state index is 0.0638. The Morgan fingerprint density at radius 2 is 1.68 bits per heavy atom. The first-order valence-electron chi connectivity index (χ1n) is 5.31. The summed E-state index contributed by atoms with van der Waals surface area (Å²) in [5.74, 6) is -1.46. The molecule has 0 fully saturated rings. The van der Waals surface area contributed by atoms with Crippen molar-refractivity contribution < 1.29 is 18.3 Å². The van der Waals surface area contributed by atoms with Gasteiger partial charge >= 0.3 is 5.97 Å². The topological polar surface area (TPSA) is 97.2 Å². The number of benzene rings is 1. The summed E-state index contributed by atoms with van der Waals surface area (Å²) in [6.45, 7) is 0. The molecular formula is C12H10N2O4S. The van der Waals surface area contributed by atoms with E-state index in [0.29, 0.717) is 0 Å². The van der Waals surface area contributed by atoms with Crippen LogP contribution in [0.4, 0.5) is 0 Å². The number of aromatic carboxylic acids is 1. The molecule has 0 unspecified atom stereocenters. The van der Waals surface area contributed by atoms with E-state index in [2.05, 4.69) is 9.97 Å². The zero-order chi connectivity index (χ0) is 13.9. The second kappa shape index (κ2) is 5.15. The molecule has 0 spiro atoms. The predicted molar refractivity (Wildman–Crippen MR) is 66.3 cm³/mol. The SMILES string of the molecule is O=C(O)c1cnc(CS(=O)(=O)c2ccccc2)nc1. The molecule has 19 heavy (non-hydrogen) atoms. The summed E-state index contributed by atoms with van der Waals surface area (Å²) in [7, 11) is -3.52. The molecular weight excluding hydrogens is 268 g/mol.